The average molecular weight is 318 g/mol. The highest BCUT2D eigenvalue weighted by molar-refractivity contribution is 5.93. The van der Waals surface area contributed by atoms with Gasteiger partial charge >= 0.3 is 5.97 Å². The minimum absolute atomic E-state index is 0.0562. The highest BCUT2D eigenvalue weighted by Crippen LogP contribution is 2.31. The smallest absolute Gasteiger partial charge is 0.310 e. The van der Waals surface area contributed by atoms with Crippen LogP contribution in [0.2, 0.25) is 0 Å². The van der Waals surface area contributed by atoms with Crippen LogP contribution in [-0.4, -0.2) is 41.5 Å². The minimum Gasteiger partial charge on any atom is -0.481 e. The molecule has 5 nitrogen and oxygen atoms in total. The lowest BCUT2D eigenvalue weighted by Crippen LogP contribution is -2.36. The van der Waals surface area contributed by atoms with E-state index >= 15 is 0 Å². The van der Waals surface area contributed by atoms with Gasteiger partial charge in [-0.15, -0.1) is 0 Å². The number of likely N-dealkylation sites (tertiary alicyclic amines) is 1. The van der Waals surface area contributed by atoms with Gasteiger partial charge in [0.1, 0.15) is 0 Å². The fourth-order valence-corrected chi connectivity index (χ4v) is 3.00. The van der Waals surface area contributed by atoms with Gasteiger partial charge in [-0.3, -0.25) is 14.5 Å². The van der Waals surface area contributed by atoms with Crippen molar-refractivity contribution < 1.29 is 14.7 Å². The maximum atomic E-state index is 12.3. The van der Waals surface area contributed by atoms with Crippen molar-refractivity contribution in [1.82, 2.24) is 4.90 Å². The first-order valence-corrected chi connectivity index (χ1v) is 7.97. The fourth-order valence-electron chi connectivity index (χ4n) is 3.00. The topological polar surface area (TPSA) is 69.6 Å². The maximum absolute atomic E-state index is 12.3. The molecule has 2 rings (SSSR count). The number of nitrogens with one attached hydrogen (secondary N) is 1. The predicted molar refractivity (Wildman–Crippen MR) is 90.6 cm³/mol. The normalized spacial score (nSPS) is 22.1. The van der Waals surface area contributed by atoms with E-state index in [4.69, 9.17) is 0 Å². The van der Waals surface area contributed by atoms with Crippen LogP contribution in [0.15, 0.2) is 24.3 Å². The zero-order valence-electron chi connectivity index (χ0n) is 14.3. The van der Waals surface area contributed by atoms with Gasteiger partial charge in [-0.25, -0.2) is 0 Å². The van der Waals surface area contributed by atoms with E-state index < -0.39 is 11.4 Å². The quantitative estimate of drug-likeness (QED) is 0.895. The van der Waals surface area contributed by atoms with Crippen molar-refractivity contribution in [1.29, 1.82) is 0 Å². The third kappa shape index (κ3) is 4.10. The minimum atomic E-state index is -0.793. The lowest BCUT2D eigenvalue weighted by atomic mass is 9.86. The number of aliphatic carboxylic acids is 1. The van der Waals surface area contributed by atoms with Crippen LogP contribution in [0.1, 0.15) is 39.7 Å². The Kier molecular flexibility index (Phi) is 4.80. The third-order valence-electron chi connectivity index (χ3n) is 4.45. The molecule has 0 aromatic heterocycles. The maximum Gasteiger partial charge on any atom is 0.310 e. The van der Waals surface area contributed by atoms with Crippen LogP contribution in [0.4, 0.5) is 5.69 Å². The van der Waals surface area contributed by atoms with E-state index in [1.54, 1.807) is 6.92 Å². The Balaban J connectivity index is 2.01. The average Bonchev–Trinajstić information content (AvgIpc) is 2.81. The molecule has 0 radical (unpaired) electrons. The van der Waals surface area contributed by atoms with Crippen molar-refractivity contribution in [3.05, 3.63) is 29.8 Å². The molecule has 0 spiro atoms. The summed E-state index contributed by atoms with van der Waals surface area (Å²) in [5.74, 6) is -0.894. The molecule has 1 heterocycles. The number of benzene rings is 1. The molecule has 126 valence electrons. The second kappa shape index (κ2) is 6.32. The second-order valence-electron chi connectivity index (χ2n) is 7.67. The molecule has 0 aliphatic carbocycles. The summed E-state index contributed by atoms with van der Waals surface area (Å²) in [5.41, 5.74) is 1.11. The van der Waals surface area contributed by atoms with Crippen LogP contribution in [-0.2, 0) is 15.0 Å². The lowest BCUT2D eigenvalue weighted by Gasteiger charge is -2.24. The third-order valence-corrected chi connectivity index (χ3v) is 4.45. The molecule has 1 aliphatic heterocycles. The molecule has 1 aliphatic rings. The van der Waals surface area contributed by atoms with Gasteiger partial charge in [-0.1, -0.05) is 39.0 Å². The number of carboxylic acids is 1. The number of para-hydroxylation sites is 1. The molecule has 1 aromatic rings. The summed E-state index contributed by atoms with van der Waals surface area (Å²) in [6.45, 7) is 9.33. The molecule has 5 heteroatoms. The van der Waals surface area contributed by atoms with E-state index in [1.807, 2.05) is 29.2 Å². The fraction of sp³-hybridized carbons (Fsp3) is 0.556. The Labute approximate surface area is 137 Å². The number of carbonyl (C=O) groups excluding carboxylic acids is 1. The number of hydrogen-bond acceptors (Lipinski definition) is 3. The van der Waals surface area contributed by atoms with Crippen LogP contribution in [0.5, 0.6) is 0 Å². The van der Waals surface area contributed by atoms with Crippen LogP contribution >= 0.6 is 0 Å². The number of rotatable bonds is 4. The van der Waals surface area contributed by atoms with Gasteiger partial charge in [0, 0.05) is 12.2 Å². The van der Waals surface area contributed by atoms with E-state index in [0.717, 1.165) is 11.3 Å². The molecule has 0 saturated carbocycles. The molecular formula is C18H26N2O3. The highest BCUT2D eigenvalue weighted by Gasteiger charge is 2.40. The summed E-state index contributed by atoms with van der Waals surface area (Å²) in [7, 11) is 0. The largest absolute Gasteiger partial charge is 0.481 e. The second-order valence-corrected chi connectivity index (χ2v) is 7.67. The number of amides is 1. The first-order valence-electron chi connectivity index (χ1n) is 7.97. The van der Waals surface area contributed by atoms with Crippen LogP contribution < -0.4 is 5.32 Å². The molecular weight excluding hydrogens is 292 g/mol. The van der Waals surface area contributed by atoms with E-state index in [0.29, 0.717) is 19.5 Å². The summed E-state index contributed by atoms with van der Waals surface area (Å²) in [6.07, 6.45) is 0.578. The van der Waals surface area contributed by atoms with Crippen molar-refractivity contribution in [3.8, 4) is 0 Å². The van der Waals surface area contributed by atoms with E-state index in [-0.39, 0.29) is 17.9 Å². The van der Waals surface area contributed by atoms with Crippen LogP contribution in [0.3, 0.4) is 0 Å². The molecule has 1 amide bonds. The lowest BCUT2D eigenvalue weighted by molar-refractivity contribution is -0.147. The molecule has 1 atom stereocenters. The first-order chi connectivity index (χ1) is 10.6. The van der Waals surface area contributed by atoms with Gasteiger partial charge in [-0.2, -0.15) is 0 Å². The SMILES string of the molecule is CC1(C(=O)O)CCN(CC(=O)Nc2ccccc2C(C)(C)C)C1. The highest BCUT2D eigenvalue weighted by atomic mass is 16.4. The van der Waals surface area contributed by atoms with Crippen molar-refractivity contribution in [3.63, 3.8) is 0 Å². The Morgan fingerprint density at radius 3 is 2.52 bits per heavy atom. The summed E-state index contributed by atoms with van der Waals surface area (Å²) < 4.78 is 0. The van der Waals surface area contributed by atoms with Crippen molar-refractivity contribution in [2.45, 2.75) is 39.5 Å². The zero-order valence-corrected chi connectivity index (χ0v) is 14.3. The molecule has 2 N–H and O–H groups in total. The first kappa shape index (κ1) is 17.5. The molecule has 0 bridgehead atoms. The van der Waals surface area contributed by atoms with Crippen LogP contribution in [0, 0.1) is 5.41 Å². The number of nitrogens with zero attached hydrogens (tertiary/aromatic N) is 1. The Morgan fingerprint density at radius 1 is 1.30 bits per heavy atom. The summed E-state index contributed by atoms with van der Waals surface area (Å²) in [4.78, 5) is 25.5. The molecule has 1 saturated heterocycles. The van der Waals surface area contributed by atoms with E-state index in [2.05, 4.69) is 26.1 Å². The summed E-state index contributed by atoms with van der Waals surface area (Å²) in [6, 6.07) is 7.80. The molecule has 1 fully saturated rings. The Morgan fingerprint density at radius 2 is 1.96 bits per heavy atom. The molecule has 1 aromatic carbocycles. The van der Waals surface area contributed by atoms with Gasteiger partial charge in [0.05, 0.1) is 12.0 Å². The van der Waals surface area contributed by atoms with Gasteiger partial charge in [0.2, 0.25) is 5.91 Å². The summed E-state index contributed by atoms with van der Waals surface area (Å²) >= 11 is 0. The summed E-state index contributed by atoms with van der Waals surface area (Å²) in [5, 5.41) is 12.2. The van der Waals surface area contributed by atoms with Crippen molar-refractivity contribution in [2.75, 3.05) is 25.0 Å². The van der Waals surface area contributed by atoms with Gasteiger partial charge in [0.15, 0.2) is 0 Å². The van der Waals surface area contributed by atoms with Crippen molar-refractivity contribution >= 4 is 17.6 Å². The van der Waals surface area contributed by atoms with E-state index in [1.165, 1.54) is 0 Å². The number of hydrogen-bond donors (Lipinski definition) is 2. The van der Waals surface area contributed by atoms with Crippen LogP contribution in [0.25, 0.3) is 0 Å². The molecule has 1 unspecified atom stereocenters. The van der Waals surface area contributed by atoms with Gasteiger partial charge < -0.3 is 10.4 Å². The molecule has 23 heavy (non-hydrogen) atoms. The monoisotopic (exact) mass is 318 g/mol. The standard InChI is InChI=1S/C18H26N2O3/c1-17(2,3)13-7-5-6-8-14(13)19-15(21)11-20-10-9-18(4,12-20)16(22)23/h5-8H,9-12H2,1-4H3,(H,19,21)(H,22,23). The predicted octanol–water partition coefficient (Wildman–Crippen LogP) is 2.72. The van der Waals surface area contributed by atoms with Gasteiger partial charge in [-0.05, 0) is 36.9 Å². The number of anilines is 1. The van der Waals surface area contributed by atoms with E-state index in [9.17, 15) is 14.7 Å². The zero-order chi connectivity index (χ0) is 17.3. The Hall–Kier alpha value is -1.88. The Bertz CT molecular complexity index is 607. The van der Waals surface area contributed by atoms with Crippen molar-refractivity contribution in [2.24, 2.45) is 5.41 Å². The number of carbonyl (C=O) groups is 2. The number of carboxylic acid groups (broad SMARTS) is 1. The van der Waals surface area contributed by atoms with Gasteiger partial charge in [0.25, 0.3) is 0 Å².